The number of pyridine rings is 1. The maximum absolute atomic E-state index is 13.5. The molecule has 4 heterocycles. The van der Waals surface area contributed by atoms with Crippen LogP contribution in [0.25, 0.3) is 11.7 Å². The second kappa shape index (κ2) is 10.1. The number of thiocarbonyl (C=S) groups is 1. The molecule has 2 fully saturated rings. The smallest absolute Gasteiger partial charge is 0.409 e. The van der Waals surface area contributed by atoms with Crippen LogP contribution < -0.4 is 10.5 Å². The Bertz CT molecular complexity index is 1220. The summed E-state index contributed by atoms with van der Waals surface area (Å²) in [4.78, 5) is 49.0. The molecule has 9 nitrogen and oxygen atoms in total. The van der Waals surface area contributed by atoms with Crippen LogP contribution in [0, 0.1) is 5.92 Å². The molecule has 2 amide bonds. The summed E-state index contributed by atoms with van der Waals surface area (Å²) >= 11 is 6.63. The third kappa shape index (κ3) is 4.80. The minimum absolute atomic E-state index is 0.195. The number of fused-ring (bicyclic) bond motifs is 1. The lowest BCUT2D eigenvalue weighted by atomic mass is 10.2. The standard InChI is InChI=1S/C23H27N5O4S2/c1-4-32-22(31)26-11-9-25(10-12-26)19-16(20(29)27-8-6-5-7-18(27)24-19)13-17-21(30)28(14-15(2)3)23(33)34-17/h5-8,13,15H,4,9-12,14H2,1-3H3/b17-13-. The Kier molecular flexibility index (Phi) is 7.22. The van der Waals surface area contributed by atoms with Gasteiger partial charge in [0, 0.05) is 38.9 Å². The summed E-state index contributed by atoms with van der Waals surface area (Å²) in [6, 6.07) is 5.35. The molecular formula is C23H27N5O4S2. The van der Waals surface area contributed by atoms with Crippen molar-refractivity contribution in [2.24, 2.45) is 5.92 Å². The SMILES string of the molecule is CCOC(=O)N1CCN(c2nc3ccccn3c(=O)c2/C=C2\SC(=S)N(CC(C)C)C2=O)CC1. The lowest BCUT2D eigenvalue weighted by molar-refractivity contribution is -0.122. The maximum Gasteiger partial charge on any atom is 0.409 e. The third-order valence-electron chi connectivity index (χ3n) is 5.55. The fourth-order valence-corrected chi connectivity index (χ4v) is 5.18. The minimum atomic E-state index is -0.345. The fraction of sp³-hybridized carbons (Fsp3) is 0.435. The van der Waals surface area contributed by atoms with Crippen molar-refractivity contribution in [2.45, 2.75) is 20.8 Å². The number of anilines is 1. The van der Waals surface area contributed by atoms with Crippen molar-refractivity contribution in [1.82, 2.24) is 19.2 Å². The largest absolute Gasteiger partial charge is 0.450 e. The number of hydrogen-bond donors (Lipinski definition) is 0. The van der Waals surface area contributed by atoms with Gasteiger partial charge in [0.1, 0.15) is 15.8 Å². The molecule has 0 aliphatic carbocycles. The van der Waals surface area contributed by atoms with Crippen molar-refractivity contribution in [2.75, 3.05) is 44.2 Å². The van der Waals surface area contributed by atoms with Crippen LogP contribution in [0.1, 0.15) is 26.3 Å². The van der Waals surface area contributed by atoms with Crippen LogP contribution in [0.3, 0.4) is 0 Å². The highest BCUT2D eigenvalue weighted by atomic mass is 32.2. The molecule has 2 aromatic rings. The van der Waals surface area contributed by atoms with Crippen LogP contribution in [0.2, 0.25) is 0 Å². The number of aromatic nitrogens is 2. The van der Waals surface area contributed by atoms with Gasteiger partial charge in [0.2, 0.25) is 0 Å². The van der Waals surface area contributed by atoms with E-state index in [1.165, 1.54) is 16.2 Å². The van der Waals surface area contributed by atoms with Gasteiger partial charge in [-0.2, -0.15) is 0 Å². The minimum Gasteiger partial charge on any atom is -0.450 e. The highest BCUT2D eigenvalue weighted by molar-refractivity contribution is 8.26. The number of rotatable bonds is 5. The maximum atomic E-state index is 13.5. The Morgan fingerprint density at radius 1 is 1.24 bits per heavy atom. The molecule has 0 radical (unpaired) electrons. The van der Waals surface area contributed by atoms with Crippen molar-refractivity contribution in [3.8, 4) is 0 Å². The summed E-state index contributed by atoms with van der Waals surface area (Å²) in [5.74, 6) is 0.564. The normalized spacial score (nSPS) is 18.0. The first kappa shape index (κ1) is 24.2. The topological polar surface area (TPSA) is 87.5 Å². The lowest BCUT2D eigenvalue weighted by Gasteiger charge is -2.35. The number of piperazine rings is 1. The van der Waals surface area contributed by atoms with Crippen LogP contribution in [0.4, 0.5) is 10.6 Å². The van der Waals surface area contributed by atoms with Gasteiger partial charge >= 0.3 is 6.09 Å². The van der Waals surface area contributed by atoms with Gasteiger partial charge in [-0.25, -0.2) is 9.78 Å². The average Bonchev–Trinajstić information content (AvgIpc) is 3.08. The molecule has 0 bridgehead atoms. The number of nitrogens with zero attached hydrogens (tertiary/aromatic N) is 5. The Morgan fingerprint density at radius 2 is 1.97 bits per heavy atom. The zero-order valence-corrected chi connectivity index (χ0v) is 21.0. The second-order valence-electron chi connectivity index (χ2n) is 8.44. The van der Waals surface area contributed by atoms with E-state index in [9.17, 15) is 14.4 Å². The molecule has 2 aromatic heterocycles. The summed E-state index contributed by atoms with van der Waals surface area (Å²) in [6.07, 6.45) is 2.93. The highest BCUT2D eigenvalue weighted by Crippen LogP contribution is 2.34. The number of thioether (sulfide) groups is 1. The van der Waals surface area contributed by atoms with Crippen molar-refractivity contribution in [1.29, 1.82) is 0 Å². The van der Waals surface area contributed by atoms with Crippen LogP contribution in [0.15, 0.2) is 34.1 Å². The molecule has 34 heavy (non-hydrogen) atoms. The van der Waals surface area contributed by atoms with E-state index in [0.29, 0.717) is 65.6 Å². The Balaban J connectivity index is 1.72. The number of ether oxygens (including phenoxy) is 1. The van der Waals surface area contributed by atoms with Gasteiger partial charge in [-0.1, -0.05) is 43.9 Å². The molecule has 0 saturated carbocycles. The first-order valence-electron chi connectivity index (χ1n) is 11.2. The second-order valence-corrected chi connectivity index (χ2v) is 10.1. The van der Waals surface area contributed by atoms with Gasteiger partial charge in [0.25, 0.3) is 11.5 Å². The fourth-order valence-electron chi connectivity index (χ4n) is 3.93. The van der Waals surface area contributed by atoms with Crippen molar-refractivity contribution < 1.29 is 14.3 Å². The Labute approximate surface area is 207 Å². The first-order valence-corrected chi connectivity index (χ1v) is 12.5. The van der Waals surface area contributed by atoms with Gasteiger partial charge in [-0.05, 0) is 31.1 Å². The molecule has 4 rings (SSSR count). The van der Waals surface area contributed by atoms with Crippen molar-refractivity contribution in [3.05, 3.63) is 45.2 Å². The van der Waals surface area contributed by atoms with Gasteiger partial charge in [0.15, 0.2) is 0 Å². The van der Waals surface area contributed by atoms with E-state index in [1.807, 2.05) is 24.8 Å². The van der Waals surface area contributed by atoms with Crippen LogP contribution in [-0.2, 0) is 9.53 Å². The molecule has 180 valence electrons. The lowest BCUT2D eigenvalue weighted by Crippen LogP contribution is -2.49. The summed E-state index contributed by atoms with van der Waals surface area (Å²) in [5, 5.41) is 0. The van der Waals surface area contributed by atoms with Crippen molar-refractivity contribution in [3.63, 3.8) is 0 Å². The van der Waals surface area contributed by atoms with Gasteiger partial charge < -0.3 is 14.5 Å². The highest BCUT2D eigenvalue weighted by Gasteiger charge is 2.33. The number of carbonyl (C=O) groups excluding carboxylic acids is 2. The van der Waals surface area contributed by atoms with Crippen LogP contribution >= 0.6 is 24.0 Å². The van der Waals surface area contributed by atoms with Gasteiger partial charge in [-0.3, -0.25) is 18.9 Å². The van der Waals surface area contributed by atoms with E-state index >= 15 is 0 Å². The zero-order valence-electron chi connectivity index (χ0n) is 19.4. The molecule has 0 spiro atoms. The molecular weight excluding hydrogens is 474 g/mol. The number of carbonyl (C=O) groups is 2. The van der Waals surface area contributed by atoms with Crippen molar-refractivity contribution >= 4 is 57.8 Å². The first-order chi connectivity index (χ1) is 16.3. The third-order valence-corrected chi connectivity index (χ3v) is 6.93. The molecule has 0 atom stereocenters. The van der Waals surface area contributed by atoms with Gasteiger partial charge in [0.05, 0.1) is 17.1 Å². The summed E-state index contributed by atoms with van der Waals surface area (Å²) in [7, 11) is 0. The molecule has 0 unspecified atom stereocenters. The summed E-state index contributed by atoms with van der Waals surface area (Å²) in [5.41, 5.74) is 0.584. The zero-order chi connectivity index (χ0) is 24.4. The number of hydrogen-bond acceptors (Lipinski definition) is 8. The monoisotopic (exact) mass is 501 g/mol. The van der Waals surface area contributed by atoms with E-state index < -0.39 is 0 Å². The average molecular weight is 502 g/mol. The summed E-state index contributed by atoms with van der Waals surface area (Å²) in [6.45, 7) is 8.55. The number of amides is 2. The predicted molar refractivity (Wildman–Crippen MR) is 137 cm³/mol. The molecule has 2 aliphatic heterocycles. The van der Waals surface area contributed by atoms with Crippen LogP contribution in [0.5, 0.6) is 0 Å². The van der Waals surface area contributed by atoms with E-state index in [4.69, 9.17) is 21.9 Å². The quantitative estimate of drug-likeness (QED) is 0.457. The Hall–Kier alpha value is -2.92. The van der Waals surface area contributed by atoms with E-state index in [2.05, 4.69) is 0 Å². The predicted octanol–water partition coefficient (Wildman–Crippen LogP) is 2.83. The molecule has 2 aliphatic rings. The molecule has 11 heteroatoms. The molecule has 2 saturated heterocycles. The van der Waals surface area contributed by atoms with E-state index in [-0.39, 0.29) is 23.5 Å². The van der Waals surface area contributed by atoms with Crippen LogP contribution in [-0.4, -0.2) is 74.8 Å². The van der Waals surface area contributed by atoms with Gasteiger partial charge in [-0.15, -0.1) is 0 Å². The molecule has 0 N–H and O–H groups in total. The van der Waals surface area contributed by atoms with E-state index in [0.717, 1.165) is 0 Å². The molecule has 0 aromatic carbocycles. The van der Waals surface area contributed by atoms with E-state index in [1.54, 1.807) is 41.1 Å². The summed E-state index contributed by atoms with van der Waals surface area (Å²) < 4.78 is 7.06. The Morgan fingerprint density at radius 3 is 2.65 bits per heavy atom.